The Morgan fingerprint density at radius 2 is 1.89 bits per heavy atom. The molecule has 7 nitrogen and oxygen atoms in total. The average molecular weight is 392 g/mol. The summed E-state index contributed by atoms with van der Waals surface area (Å²) in [5, 5.41) is 3.05. The molecule has 0 unspecified atom stereocenters. The maximum Gasteiger partial charge on any atom is 0.410 e. The quantitative estimate of drug-likeness (QED) is 0.798. The highest BCUT2D eigenvalue weighted by Crippen LogP contribution is 2.17. The first-order valence-electron chi connectivity index (χ1n) is 10.1. The molecule has 156 valence electrons. The number of pyridine rings is 1. The SMILES string of the molecule is CCC(CC)Oc1cc(C(=O)NC2CCN(C(=O)OC(C)(C)C)CC2)ccn1. The third-order valence-corrected chi connectivity index (χ3v) is 4.68. The highest BCUT2D eigenvalue weighted by Gasteiger charge is 2.27. The van der Waals surface area contributed by atoms with Gasteiger partial charge in [0.2, 0.25) is 5.88 Å². The molecule has 1 saturated heterocycles. The molecule has 1 N–H and O–H groups in total. The minimum atomic E-state index is -0.502. The molecule has 28 heavy (non-hydrogen) atoms. The van der Waals surface area contributed by atoms with E-state index in [1.54, 1.807) is 23.2 Å². The molecule has 7 heteroatoms. The summed E-state index contributed by atoms with van der Waals surface area (Å²) in [5.74, 6) is 0.327. The van der Waals surface area contributed by atoms with Crippen molar-refractivity contribution in [3.8, 4) is 5.88 Å². The second-order valence-corrected chi connectivity index (χ2v) is 8.15. The molecule has 0 atom stereocenters. The van der Waals surface area contributed by atoms with Crippen LogP contribution in [0.5, 0.6) is 5.88 Å². The van der Waals surface area contributed by atoms with Crippen LogP contribution in [0.15, 0.2) is 18.3 Å². The van der Waals surface area contributed by atoms with E-state index in [9.17, 15) is 9.59 Å². The Kier molecular flexibility index (Phi) is 7.66. The lowest BCUT2D eigenvalue weighted by molar-refractivity contribution is 0.0199. The molecule has 1 fully saturated rings. The van der Waals surface area contributed by atoms with Gasteiger partial charge in [-0.1, -0.05) is 13.8 Å². The number of carbonyl (C=O) groups is 2. The zero-order chi connectivity index (χ0) is 20.7. The van der Waals surface area contributed by atoms with Gasteiger partial charge in [0, 0.05) is 37.0 Å². The number of hydrogen-bond acceptors (Lipinski definition) is 5. The number of hydrogen-bond donors (Lipinski definition) is 1. The molecule has 0 aliphatic carbocycles. The average Bonchev–Trinajstić information content (AvgIpc) is 2.65. The van der Waals surface area contributed by atoms with Gasteiger partial charge in [-0.2, -0.15) is 0 Å². The third kappa shape index (κ3) is 6.69. The first kappa shape index (κ1) is 22.0. The summed E-state index contributed by atoms with van der Waals surface area (Å²) in [6.07, 6.45) is 4.59. The molecule has 2 rings (SSSR count). The summed E-state index contributed by atoms with van der Waals surface area (Å²) < 4.78 is 11.2. The molecule has 1 aliphatic rings. The van der Waals surface area contributed by atoms with Crippen LogP contribution in [-0.4, -0.2) is 52.7 Å². The van der Waals surface area contributed by atoms with E-state index in [1.165, 1.54) is 0 Å². The summed E-state index contributed by atoms with van der Waals surface area (Å²) >= 11 is 0. The lowest BCUT2D eigenvalue weighted by atomic mass is 10.0. The first-order valence-corrected chi connectivity index (χ1v) is 10.1. The fourth-order valence-corrected chi connectivity index (χ4v) is 3.04. The van der Waals surface area contributed by atoms with Crippen molar-refractivity contribution < 1.29 is 19.1 Å². The van der Waals surface area contributed by atoms with Crippen LogP contribution in [0.3, 0.4) is 0 Å². The van der Waals surface area contributed by atoms with E-state index in [-0.39, 0.29) is 24.1 Å². The Morgan fingerprint density at radius 3 is 2.46 bits per heavy atom. The van der Waals surface area contributed by atoms with Crippen LogP contribution < -0.4 is 10.1 Å². The van der Waals surface area contributed by atoms with Crippen LogP contribution >= 0.6 is 0 Å². The van der Waals surface area contributed by atoms with Crippen molar-refractivity contribution in [2.75, 3.05) is 13.1 Å². The van der Waals surface area contributed by atoms with Crippen molar-refractivity contribution in [1.82, 2.24) is 15.2 Å². The lowest BCUT2D eigenvalue weighted by Gasteiger charge is -2.33. The van der Waals surface area contributed by atoms with Crippen LogP contribution in [0.4, 0.5) is 4.79 Å². The zero-order valence-corrected chi connectivity index (χ0v) is 17.7. The number of aromatic nitrogens is 1. The van der Waals surface area contributed by atoms with Gasteiger partial charge in [-0.3, -0.25) is 4.79 Å². The Hall–Kier alpha value is -2.31. The first-order chi connectivity index (χ1) is 13.2. The van der Waals surface area contributed by atoms with Crippen molar-refractivity contribution in [3.05, 3.63) is 23.9 Å². The molecule has 1 aromatic rings. The third-order valence-electron chi connectivity index (χ3n) is 4.68. The molecule has 0 aromatic carbocycles. The Morgan fingerprint density at radius 1 is 1.25 bits per heavy atom. The number of likely N-dealkylation sites (tertiary alicyclic amines) is 1. The van der Waals surface area contributed by atoms with E-state index in [4.69, 9.17) is 9.47 Å². The van der Waals surface area contributed by atoms with Gasteiger partial charge in [0.25, 0.3) is 5.91 Å². The highest BCUT2D eigenvalue weighted by atomic mass is 16.6. The van der Waals surface area contributed by atoms with Crippen LogP contribution in [0.2, 0.25) is 0 Å². The fraction of sp³-hybridized carbons (Fsp3) is 0.667. The van der Waals surface area contributed by atoms with Gasteiger partial charge in [-0.15, -0.1) is 0 Å². The van der Waals surface area contributed by atoms with Gasteiger partial charge in [0.05, 0.1) is 6.10 Å². The lowest BCUT2D eigenvalue weighted by Crippen LogP contribution is -2.47. The molecule has 2 heterocycles. The normalized spacial score (nSPS) is 15.4. The molecule has 0 bridgehead atoms. The standard InChI is InChI=1S/C21H33N3O4/c1-6-17(7-2)27-18-14-15(8-11-22-18)19(25)23-16-9-12-24(13-10-16)20(26)28-21(3,4)5/h8,11,14,16-17H,6-7,9-10,12-13H2,1-5H3,(H,23,25). The zero-order valence-electron chi connectivity index (χ0n) is 17.7. The van der Waals surface area contributed by atoms with Crippen LogP contribution in [0.25, 0.3) is 0 Å². The maximum absolute atomic E-state index is 12.6. The molecule has 0 spiro atoms. The second-order valence-electron chi connectivity index (χ2n) is 8.15. The smallest absolute Gasteiger partial charge is 0.410 e. The number of nitrogens with zero attached hydrogens (tertiary/aromatic N) is 2. The number of nitrogens with one attached hydrogen (secondary N) is 1. The summed E-state index contributed by atoms with van der Waals surface area (Å²) in [5.41, 5.74) is 0.0307. The van der Waals surface area contributed by atoms with Crippen molar-refractivity contribution in [1.29, 1.82) is 0 Å². The van der Waals surface area contributed by atoms with Gasteiger partial charge >= 0.3 is 6.09 Å². The van der Waals surface area contributed by atoms with E-state index in [0.29, 0.717) is 37.4 Å². The predicted molar refractivity (Wildman–Crippen MR) is 108 cm³/mol. The summed E-state index contributed by atoms with van der Waals surface area (Å²) in [6, 6.07) is 3.40. The second kappa shape index (κ2) is 9.75. The van der Waals surface area contributed by atoms with Crippen LogP contribution in [0.1, 0.15) is 70.7 Å². The van der Waals surface area contributed by atoms with Crippen LogP contribution in [0, 0.1) is 0 Å². The number of piperidine rings is 1. The summed E-state index contributed by atoms with van der Waals surface area (Å²) in [7, 11) is 0. The number of rotatable bonds is 6. The van der Waals surface area contributed by atoms with Gasteiger partial charge in [-0.25, -0.2) is 9.78 Å². The molecule has 0 saturated carbocycles. The molecular formula is C21H33N3O4. The molecule has 1 aromatic heterocycles. The molecular weight excluding hydrogens is 358 g/mol. The highest BCUT2D eigenvalue weighted by molar-refractivity contribution is 5.94. The van der Waals surface area contributed by atoms with Crippen LogP contribution in [-0.2, 0) is 4.74 Å². The molecule has 2 amide bonds. The number of ether oxygens (including phenoxy) is 2. The van der Waals surface area contributed by atoms with Crippen molar-refractivity contribution in [2.45, 2.75) is 78.0 Å². The van der Waals surface area contributed by atoms with E-state index in [1.807, 2.05) is 20.8 Å². The number of carbonyl (C=O) groups excluding carboxylic acids is 2. The summed E-state index contributed by atoms with van der Waals surface area (Å²) in [4.78, 5) is 30.6. The van der Waals surface area contributed by atoms with Gasteiger partial charge < -0.3 is 19.7 Å². The van der Waals surface area contributed by atoms with E-state index >= 15 is 0 Å². The predicted octanol–water partition coefficient (Wildman–Crippen LogP) is 3.78. The monoisotopic (exact) mass is 391 g/mol. The Labute approximate surface area is 167 Å². The van der Waals surface area contributed by atoms with Gasteiger partial charge in [0.1, 0.15) is 5.60 Å². The topological polar surface area (TPSA) is 80.8 Å². The van der Waals surface area contributed by atoms with E-state index in [2.05, 4.69) is 24.1 Å². The Balaban J connectivity index is 1.86. The molecule has 1 aliphatic heterocycles. The number of amides is 2. The van der Waals surface area contributed by atoms with E-state index in [0.717, 1.165) is 12.8 Å². The van der Waals surface area contributed by atoms with Crippen molar-refractivity contribution >= 4 is 12.0 Å². The minimum absolute atomic E-state index is 0.0303. The molecule has 0 radical (unpaired) electrons. The van der Waals surface area contributed by atoms with E-state index < -0.39 is 5.60 Å². The Bertz CT molecular complexity index is 660. The fourth-order valence-electron chi connectivity index (χ4n) is 3.04. The van der Waals surface area contributed by atoms with Crippen molar-refractivity contribution in [2.24, 2.45) is 0 Å². The summed E-state index contributed by atoms with van der Waals surface area (Å²) in [6.45, 7) is 10.8. The van der Waals surface area contributed by atoms with Crippen molar-refractivity contribution in [3.63, 3.8) is 0 Å². The van der Waals surface area contributed by atoms with Gasteiger partial charge in [0.15, 0.2) is 0 Å². The van der Waals surface area contributed by atoms with Gasteiger partial charge in [-0.05, 0) is 52.5 Å². The maximum atomic E-state index is 12.6. The largest absolute Gasteiger partial charge is 0.474 e. The minimum Gasteiger partial charge on any atom is -0.474 e.